The topological polar surface area (TPSA) is 55.5 Å². The molecule has 0 aromatic heterocycles. The number of benzene rings is 1. The standard InChI is InChI=1S/C14H21NO2/c1-2-17-13-5-3-4-11(10-13)14(15)8-6-12(16)7-9-14/h3-5,10,12,16H,2,6-9,15H2,1H3. The second-order valence-corrected chi connectivity index (χ2v) is 4.85. The van der Waals surface area contributed by atoms with Crippen molar-refractivity contribution in [2.75, 3.05) is 6.61 Å². The molecule has 1 aliphatic carbocycles. The number of rotatable bonds is 3. The maximum absolute atomic E-state index is 9.55. The fourth-order valence-corrected chi connectivity index (χ4v) is 2.47. The molecular weight excluding hydrogens is 214 g/mol. The highest BCUT2D eigenvalue weighted by Crippen LogP contribution is 2.36. The molecule has 0 amide bonds. The zero-order valence-electron chi connectivity index (χ0n) is 10.4. The molecule has 1 saturated carbocycles. The van der Waals surface area contributed by atoms with Crippen molar-refractivity contribution in [3.63, 3.8) is 0 Å². The van der Waals surface area contributed by atoms with Crippen molar-refractivity contribution in [3.8, 4) is 5.75 Å². The van der Waals surface area contributed by atoms with Crippen LogP contribution in [0.3, 0.4) is 0 Å². The van der Waals surface area contributed by atoms with Crippen molar-refractivity contribution in [1.29, 1.82) is 0 Å². The summed E-state index contributed by atoms with van der Waals surface area (Å²) < 4.78 is 5.50. The lowest BCUT2D eigenvalue weighted by atomic mass is 9.76. The van der Waals surface area contributed by atoms with E-state index < -0.39 is 0 Å². The van der Waals surface area contributed by atoms with Crippen molar-refractivity contribution in [1.82, 2.24) is 0 Å². The van der Waals surface area contributed by atoms with E-state index in [9.17, 15) is 5.11 Å². The Morgan fingerprint density at radius 1 is 1.41 bits per heavy atom. The van der Waals surface area contributed by atoms with Gasteiger partial charge < -0.3 is 15.6 Å². The minimum absolute atomic E-state index is 0.179. The summed E-state index contributed by atoms with van der Waals surface area (Å²) in [5.41, 5.74) is 7.26. The highest BCUT2D eigenvalue weighted by molar-refractivity contribution is 5.33. The Hall–Kier alpha value is -1.06. The third-order valence-electron chi connectivity index (χ3n) is 3.57. The van der Waals surface area contributed by atoms with Crippen molar-refractivity contribution in [2.24, 2.45) is 5.73 Å². The van der Waals surface area contributed by atoms with Gasteiger partial charge in [-0.1, -0.05) is 12.1 Å². The summed E-state index contributed by atoms with van der Waals surface area (Å²) in [5.74, 6) is 0.876. The van der Waals surface area contributed by atoms with Gasteiger partial charge in [-0.15, -0.1) is 0 Å². The first-order chi connectivity index (χ1) is 8.14. The Balaban J connectivity index is 2.17. The second kappa shape index (κ2) is 5.07. The van der Waals surface area contributed by atoms with Gasteiger partial charge in [0.2, 0.25) is 0 Å². The zero-order chi connectivity index (χ0) is 12.3. The Kier molecular flexibility index (Phi) is 3.69. The first-order valence-electron chi connectivity index (χ1n) is 6.34. The van der Waals surface area contributed by atoms with E-state index in [1.54, 1.807) is 0 Å². The van der Waals surface area contributed by atoms with Crippen LogP contribution in [0.15, 0.2) is 24.3 Å². The summed E-state index contributed by atoms with van der Waals surface area (Å²) >= 11 is 0. The van der Waals surface area contributed by atoms with E-state index in [1.165, 1.54) is 0 Å². The van der Waals surface area contributed by atoms with E-state index >= 15 is 0 Å². The quantitative estimate of drug-likeness (QED) is 0.844. The van der Waals surface area contributed by atoms with Crippen LogP contribution >= 0.6 is 0 Å². The van der Waals surface area contributed by atoms with E-state index in [1.807, 2.05) is 25.1 Å². The molecule has 3 nitrogen and oxygen atoms in total. The molecule has 2 rings (SSSR count). The van der Waals surface area contributed by atoms with Gasteiger partial charge in [-0.3, -0.25) is 0 Å². The average Bonchev–Trinajstić information content (AvgIpc) is 2.34. The highest BCUT2D eigenvalue weighted by atomic mass is 16.5. The molecule has 0 bridgehead atoms. The highest BCUT2D eigenvalue weighted by Gasteiger charge is 2.32. The Morgan fingerprint density at radius 3 is 2.76 bits per heavy atom. The van der Waals surface area contributed by atoms with E-state index in [0.717, 1.165) is 37.0 Å². The zero-order valence-corrected chi connectivity index (χ0v) is 10.4. The Labute approximate surface area is 103 Å². The largest absolute Gasteiger partial charge is 0.494 e. The molecule has 1 fully saturated rings. The molecule has 3 N–H and O–H groups in total. The smallest absolute Gasteiger partial charge is 0.119 e. The van der Waals surface area contributed by atoms with Crippen LogP contribution in [0.5, 0.6) is 5.75 Å². The average molecular weight is 235 g/mol. The fourth-order valence-electron chi connectivity index (χ4n) is 2.47. The van der Waals surface area contributed by atoms with Gasteiger partial charge in [-0.25, -0.2) is 0 Å². The maximum Gasteiger partial charge on any atom is 0.119 e. The lowest BCUT2D eigenvalue weighted by Gasteiger charge is -2.36. The summed E-state index contributed by atoms with van der Waals surface area (Å²) in [6.45, 7) is 2.64. The van der Waals surface area contributed by atoms with Crippen LogP contribution in [-0.4, -0.2) is 17.8 Å². The molecule has 1 aromatic carbocycles. The number of ether oxygens (including phenoxy) is 1. The van der Waals surface area contributed by atoms with Crippen molar-refractivity contribution < 1.29 is 9.84 Å². The number of nitrogens with two attached hydrogens (primary N) is 1. The number of aliphatic hydroxyl groups is 1. The van der Waals surface area contributed by atoms with Crippen molar-refractivity contribution in [2.45, 2.75) is 44.2 Å². The maximum atomic E-state index is 9.55. The molecule has 0 aliphatic heterocycles. The summed E-state index contributed by atoms with van der Waals surface area (Å²) in [6.07, 6.45) is 3.07. The van der Waals surface area contributed by atoms with Gasteiger partial charge >= 0.3 is 0 Å². The van der Waals surface area contributed by atoms with Gasteiger partial charge in [0.15, 0.2) is 0 Å². The molecule has 0 spiro atoms. The molecule has 0 saturated heterocycles. The second-order valence-electron chi connectivity index (χ2n) is 4.85. The summed E-state index contributed by atoms with van der Waals surface area (Å²) in [7, 11) is 0. The number of hydrogen-bond donors (Lipinski definition) is 2. The van der Waals surface area contributed by atoms with Crippen LogP contribution in [0.1, 0.15) is 38.2 Å². The van der Waals surface area contributed by atoms with E-state index in [2.05, 4.69) is 6.07 Å². The minimum atomic E-state index is -0.299. The Morgan fingerprint density at radius 2 is 2.12 bits per heavy atom. The van der Waals surface area contributed by atoms with Gasteiger partial charge in [0.1, 0.15) is 5.75 Å². The molecular formula is C14H21NO2. The Bertz CT molecular complexity index is 370. The first-order valence-corrected chi connectivity index (χ1v) is 6.34. The summed E-state index contributed by atoms with van der Waals surface area (Å²) in [6, 6.07) is 8.02. The van der Waals surface area contributed by atoms with Gasteiger partial charge in [0.25, 0.3) is 0 Å². The molecule has 0 unspecified atom stereocenters. The molecule has 0 heterocycles. The van der Waals surface area contributed by atoms with Crippen molar-refractivity contribution >= 4 is 0 Å². The van der Waals surface area contributed by atoms with Gasteiger partial charge in [0.05, 0.1) is 12.7 Å². The third-order valence-corrected chi connectivity index (χ3v) is 3.57. The van der Waals surface area contributed by atoms with Crippen molar-refractivity contribution in [3.05, 3.63) is 29.8 Å². The normalized spacial score (nSPS) is 29.0. The van der Waals surface area contributed by atoms with Crippen LogP contribution in [0, 0.1) is 0 Å². The molecule has 94 valence electrons. The van der Waals surface area contributed by atoms with Crippen LogP contribution in [-0.2, 0) is 5.54 Å². The molecule has 0 radical (unpaired) electrons. The molecule has 17 heavy (non-hydrogen) atoms. The van der Waals surface area contributed by atoms with Crippen LogP contribution < -0.4 is 10.5 Å². The summed E-state index contributed by atoms with van der Waals surface area (Å²) in [5, 5.41) is 9.55. The minimum Gasteiger partial charge on any atom is -0.494 e. The van der Waals surface area contributed by atoms with E-state index in [4.69, 9.17) is 10.5 Å². The van der Waals surface area contributed by atoms with E-state index in [-0.39, 0.29) is 11.6 Å². The third kappa shape index (κ3) is 2.79. The number of hydrogen-bond acceptors (Lipinski definition) is 3. The van der Waals surface area contributed by atoms with Crippen LogP contribution in [0.2, 0.25) is 0 Å². The predicted molar refractivity (Wildman–Crippen MR) is 68.0 cm³/mol. The summed E-state index contributed by atoms with van der Waals surface area (Å²) in [4.78, 5) is 0. The lowest BCUT2D eigenvalue weighted by molar-refractivity contribution is 0.0968. The molecule has 1 aliphatic rings. The lowest BCUT2D eigenvalue weighted by Crippen LogP contribution is -2.41. The number of aliphatic hydroxyl groups excluding tert-OH is 1. The molecule has 1 aromatic rings. The van der Waals surface area contributed by atoms with Crippen LogP contribution in [0.25, 0.3) is 0 Å². The van der Waals surface area contributed by atoms with Gasteiger partial charge in [-0.05, 0) is 50.3 Å². The molecule has 3 heteroatoms. The molecule has 0 atom stereocenters. The predicted octanol–water partition coefficient (Wildman–Crippen LogP) is 2.17. The van der Waals surface area contributed by atoms with Gasteiger partial charge in [0, 0.05) is 5.54 Å². The van der Waals surface area contributed by atoms with Gasteiger partial charge in [-0.2, -0.15) is 0 Å². The van der Waals surface area contributed by atoms with E-state index in [0.29, 0.717) is 6.61 Å². The van der Waals surface area contributed by atoms with Crippen LogP contribution in [0.4, 0.5) is 0 Å². The monoisotopic (exact) mass is 235 g/mol. The SMILES string of the molecule is CCOc1cccc(C2(N)CCC(O)CC2)c1. The first kappa shape index (κ1) is 12.4. The fraction of sp³-hybridized carbons (Fsp3) is 0.571.